The summed E-state index contributed by atoms with van der Waals surface area (Å²) in [5.74, 6) is -0.0799. The average Bonchev–Trinajstić information content (AvgIpc) is 2.87. The highest BCUT2D eigenvalue weighted by Crippen LogP contribution is 2.32. The van der Waals surface area contributed by atoms with Crippen LogP contribution in [0.2, 0.25) is 0 Å². The van der Waals surface area contributed by atoms with Crippen molar-refractivity contribution in [2.24, 2.45) is 0 Å². The number of nitrogens with zero attached hydrogens (tertiary/aromatic N) is 2. The lowest BCUT2D eigenvalue weighted by Gasteiger charge is -2.29. The van der Waals surface area contributed by atoms with Gasteiger partial charge in [0.1, 0.15) is 11.8 Å². The van der Waals surface area contributed by atoms with Gasteiger partial charge in [0.15, 0.2) is 0 Å². The molecule has 1 N–H and O–H groups in total. The molecule has 2 rings (SSSR count). The minimum atomic E-state index is -4.63. The molecule has 0 spiro atoms. The molecule has 12 heteroatoms. The number of alkyl halides is 3. The van der Waals surface area contributed by atoms with Gasteiger partial charge in [-0.1, -0.05) is 25.1 Å². The van der Waals surface area contributed by atoms with Crippen molar-refractivity contribution in [3.63, 3.8) is 0 Å². The Bertz CT molecular complexity index is 1190. The van der Waals surface area contributed by atoms with Crippen LogP contribution in [0.4, 0.5) is 18.9 Å². The van der Waals surface area contributed by atoms with Gasteiger partial charge in [-0.2, -0.15) is 13.2 Å². The van der Waals surface area contributed by atoms with Gasteiger partial charge in [0.2, 0.25) is 21.8 Å². The van der Waals surface area contributed by atoms with Gasteiger partial charge < -0.3 is 15.0 Å². The number of benzene rings is 2. The maximum Gasteiger partial charge on any atom is 0.416 e. The lowest BCUT2D eigenvalue weighted by atomic mass is 10.1. The SMILES string of the molecule is CCCNC(=O)[C@@H](C)N(Cc1ccc(OC)cc1)C(=O)CCCN(c1cccc(C(F)(F)F)c1)S(C)(=O)=O. The molecule has 210 valence electrons. The molecule has 0 fully saturated rings. The van der Waals surface area contributed by atoms with Crippen LogP contribution in [0.15, 0.2) is 48.5 Å². The number of anilines is 1. The predicted molar refractivity (Wildman–Crippen MR) is 139 cm³/mol. The minimum absolute atomic E-state index is 0.0323. The van der Waals surface area contributed by atoms with E-state index in [2.05, 4.69) is 5.32 Å². The van der Waals surface area contributed by atoms with Crippen molar-refractivity contribution >= 4 is 27.5 Å². The van der Waals surface area contributed by atoms with Crippen LogP contribution in [0.5, 0.6) is 5.75 Å². The van der Waals surface area contributed by atoms with Gasteiger partial charge >= 0.3 is 6.18 Å². The summed E-state index contributed by atoms with van der Waals surface area (Å²) in [6, 6.07) is 10.2. The zero-order chi connectivity index (χ0) is 28.5. The lowest BCUT2D eigenvalue weighted by Crippen LogP contribution is -2.47. The van der Waals surface area contributed by atoms with E-state index in [9.17, 15) is 31.2 Å². The van der Waals surface area contributed by atoms with Crippen molar-refractivity contribution in [3.8, 4) is 5.75 Å². The number of carbonyl (C=O) groups is 2. The molecule has 0 aliphatic rings. The van der Waals surface area contributed by atoms with Gasteiger partial charge in [0, 0.05) is 26.1 Å². The summed E-state index contributed by atoms with van der Waals surface area (Å²) in [5, 5.41) is 2.77. The van der Waals surface area contributed by atoms with Gasteiger partial charge in [-0.05, 0) is 55.7 Å². The predicted octanol–water partition coefficient (Wildman–Crippen LogP) is 4.20. The number of methoxy groups -OCH3 is 1. The fourth-order valence-corrected chi connectivity index (χ4v) is 4.70. The fourth-order valence-electron chi connectivity index (χ4n) is 3.75. The number of halogens is 3. The summed E-state index contributed by atoms with van der Waals surface area (Å²) in [4.78, 5) is 27.3. The quantitative estimate of drug-likeness (QED) is 0.398. The van der Waals surface area contributed by atoms with E-state index in [1.165, 1.54) is 18.1 Å². The van der Waals surface area contributed by atoms with Gasteiger partial charge in [-0.15, -0.1) is 0 Å². The van der Waals surface area contributed by atoms with Crippen LogP contribution in [0.1, 0.15) is 44.2 Å². The first-order valence-electron chi connectivity index (χ1n) is 12.1. The van der Waals surface area contributed by atoms with Gasteiger partial charge in [-0.25, -0.2) is 8.42 Å². The summed E-state index contributed by atoms with van der Waals surface area (Å²) in [5.41, 5.74) is -0.356. The van der Waals surface area contributed by atoms with Gasteiger partial charge in [0.25, 0.3) is 0 Å². The Kier molecular flexibility index (Phi) is 11.0. The van der Waals surface area contributed by atoms with Crippen molar-refractivity contribution in [1.29, 1.82) is 0 Å². The molecule has 0 saturated carbocycles. The number of carbonyl (C=O) groups excluding carboxylic acids is 2. The molecule has 2 aromatic carbocycles. The highest BCUT2D eigenvalue weighted by Gasteiger charge is 2.32. The van der Waals surface area contributed by atoms with E-state index in [-0.39, 0.29) is 37.5 Å². The first-order chi connectivity index (χ1) is 17.8. The molecule has 1 atom stereocenters. The number of ether oxygens (including phenoxy) is 1. The summed E-state index contributed by atoms with van der Waals surface area (Å²) < 4.78 is 70.2. The zero-order valence-electron chi connectivity index (χ0n) is 21.9. The van der Waals surface area contributed by atoms with Crippen LogP contribution in [0.3, 0.4) is 0 Å². The van der Waals surface area contributed by atoms with Crippen molar-refractivity contribution < 1.29 is 35.9 Å². The summed E-state index contributed by atoms with van der Waals surface area (Å²) in [7, 11) is -2.40. The van der Waals surface area contributed by atoms with Crippen molar-refractivity contribution in [2.45, 2.75) is 51.9 Å². The molecule has 0 aromatic heterocycles. The van der Waals surface area contributed by atoms with Crippen LogP contribution < -0.4 is 14.4 Å². The second kappa shape index (κ2) is 13.5. The highest BCUT2D eigenvalue weighted by molar-refractivity contribution is 7.92. The fraction of sp³-hybridized carbons (Fsp3) is 0.462. The Morgan fingerprint density at radius 2 is 1.76 bits per heavy atom. The Morgan fingerprint density at radius 3 is 2.32 bits per heavy atom. The molecule has 0 heterocycles. The third-order valence-corrected chi connectivity index (χ3v) is 7.04. The van der Waals surface area contributed by atoms with E-state index in [1.54, 1.807) is 31.2 Å². The molecule has 0 unspecified atom stereocenters. The topological polar surface area (TPSA) is 96.0 Å². The monoisotopic (exact) mass is 557 g/mol. The van der Waals surface area contributed by atoms with Crippen LogP contribution in [0.25, 0.3) is 0 Å². The van der Waals surface area contributed by atoms with E-state index in [0.29, 0.717) is 12.3 Å². The van der Waals surface area contributed by atoms with E-state index in [4.69, 9.17) is 4.74 Å². The Labute approximate surface area is 221 Å². The van der Waals surface area contributed by atoms with E-state index < -0.39 is 33.7 Å². The van der Waals surface area contributed by atoms with Crippen LogP contribution in [-0.4, -0.2) is 57.6 Å². The summed E-state index contributed by atoms with van der Waals surface area (Å²) >= 11 is 0. The number of hydrogen-bond acceptors (Lipinski definition) is 5. The first-order valence-corrected chi connectivity index (χ1v) is 14.0. The maximum absolute atomic E-state index is 13.2. The van der Waals surface area contributed by atoms with Gasteiger partial charge in [0.05, 0.1) is 24.6 Å². The number of sulfonamides is 1. The van der Waals surface area contributed by atoms with Crippen LogP contribution in [0, 0.1) is 0 Å². The largest absolute Gasteiger partial charge is 0.497 e. The highest BCUT2D eigenvalue weighted by atomic mass is 32.2. The smallest absolute Gasteiger partial charge is 0.416 e. The Hall–Kier alpha value is -3.28. The van der Waals surface area contributed by atoms with Crippen molar-refractivity contribution in [1.82, 2.24) is 10.2 Å². The molecule has 0 aliphatic carbocycles. The number of nitrogens with one attached hydrogen (secondary N) is 1. The summed E-state index contributed by atoms with van der Waals surface area (Å²) in [6.45, 7) is 3.89. The van der Waals surface area contributed by atoms with E-state index >= 15 is 0 Å². The van der Waals surface area contributed by atoms with E-state index in [0.717, 1.165) is 40.7 Å². The summed E-state index contributed by atoms with van der Waals surface area (Å²) in [6.07, 6.45) is -3.10. The molecule has 8 nitrogen and oxygen atoms in total. The number of rotatable bonds is 13. The van der Waals surface area contributed by atoms with Crippen molar-refractivity contribution in [2.75, 3.05) is 30.8 Å². The average molecular weight is 558 g/mol. The second-order valence-corrected chi connectivity index (χ2v) is 10.7. The Balaban J connectivity index is 2.20. The normalized spacial score (nSPS) is 12.5. The molecule has 38 heavy (non-hydrogen) atoms. The third kappa shape index (κ3) is 8.93. The molecule has 0 saturated heterocycles. The first kappa shape index (κ1) is 30.9. The molecular formula is C26H34F3N3O5S. The molecule has 2 amide bonds. The molecule has 2 aromatic rings. The number of amides is 2. The minimum Gasteiger partial charge on any atom is -0.497 e. The molecule has 0 radical (unpaired) electrons. The van der Waals surface area contributed by atoms with E-state index in [1.807, 2.05) is 6.92 Å². The number of hydrogen-bond donors (Lipinski definition) is 1. The maximum atomic E-state index is 13.2. The second-order valence-electron chi connectivity index (χ2n) is 8.82. The van der Waals surface area contributed by atoms with Gasteiger partial charge in [-0.3, -0.25) is 13.9 Å². The van der Waals surface area contributed by atoms with Crippen LogP contribution >= 0.6 is 0 Å². The third-order valence-electron chi connectivity index (χ3n) is 5.84. The lowest BCUT2D eigenvalue weighted by molar-refractivity contribution is -0.140. The standard InChI is InChI=1S/C26H34F3N3O5S/c1-5-15-30-25(34)19(2)31(18-20-11-13-23(37-3)14-12-20)24(33)10-7-16-32(38(4,35)36)22-9-6-8-21(17-22)26(27,28)29/h6,8-9,11-14,17,19H,5,7,10,15-16,18H2,1-4H3,(H,30,34)/t19-/m1/s1. The van der Waals surface area contributed by atoms with Crippen LogP contribution in [-0.2, 0) is 32.3 Å². The molecular weight excluding hydrogens is 523 g/mol. The zero-order valence-corrected chi connectivity index (χ0v) is 22.7. The van der Waals surface area contributed by atoms with Crippen molar-refractivity contribution in [3.05, 3.63) is 59.7 Å². The molecule has 0 bridgehead atoms. The Morgan fingerprint density at radius 1 is 1.11 bits per heavy atom. The molecule has 0 aliphatic heterocycles.